The maximum absolute atomic E-state index is 12.2. The Balaban J connectivity index is 1.68. The van der Waals surface area contributed by atoms with Gasteiger partial charge in [-0.25, -0.2) is 4.98 Å². The quantitative estimate of drug-likeness (QED) is 0.745. The molecular weight excluding hydrogens is 296 g/mol. The number of carbonyl (C=O) groups is 1. The number of amides is 1. The molecule has 0 aromatic carbocycles. The second kappa shape index (κ2) is 9.10. The summed E-state index contributed by atoms with van der Waals surface area (Å²) in [6.07, 6.45) is 8.01. The van der Waals surface area contributed by atoms with Crippen LogP contribution in [0.5, 0.6) is 0 Å². The molecule has 1 aliphatic heterocycles. The van der Waals surface area contributed by atoms with Crippen molar-refractivity contribution >= 4 is 22.4 Å². The van der Waals surface area contributed by atoms with Crippen molar-refractivity contribution in [3.63, 3.8) is 0 Å². The van der Waals surface area contributed by atoms with Crippen LogP contribution in [0.4, 0.5) is 5.13 Å². The molecule has 22 heavy (non-hydrogen) atoms. The van der Waals surface area contributed by atoms with Gasteiger partial charge < -0.3 is 15.5 Å². The molecule has 1 aromatic rings. The lowest BCUT2D eigenvalue weighted by Crippen LogP contribution is -2.48. The summed E-state index contributed by atoms with van der Waals surface area (Å²) in [4.78, 5) is 22.3. The highest BCUT2D eigenvalue weighted by atomic mass is 32.1. The molecule has 2 heterocycles. The summed E-state index contributed by atoms with van der Waals surface area (Å²) in [6, 6.07) is 0. The Labute approximate surface area is 137 Å². The van der Waals surface area contributed by atoms with E-state index in [0.717, 1.165) is 70.0 Å². The normalized spacial score (nSPS) is 15.4. The second-order valence-electron chi connectivity index (χ2n) is 5.78. The number of unbranched alkanes of at least 4 members (excludes halogenated alkanes) is 3. The van der Waals surface area contributed by atoms with Gasteiger partial charge in [0.2, 0.25) is 5.91 Å². The smallest absolute Gasteiger partial charge is 0.222 e. The fourth-order valence-electron chi connectivity index (χ4n) is 2.69. The van der Waals surface area contributed by atoms with Crippen LogP contribution >= 0.6 is 11.3 Å². The first kappa shape index (κ1) is 17.2. The van der Waals surface area contributed by atoms with Crippen LogP contribution in [-0.2, 0) is 11.2 Å². The van der Waals surface area contributed by atoms with Gasteiger partial charge in [0.15, 0.2) is 5.13 Å². The van der Waals surface area contributed by atoms with Crippen molar-refractivity contribution in [1.29, 1.82) is 0 Å². The Morgan fingerprint density at radius 1 is 1.23 bits per heavy atom. The van der Waals surface area contributed by atoms with Gasteiger partial charge in [0.05, 0.1) is 0 Å². The molecule has 0 radical (unpaired) electrons. The topological polar surface area (TPSA) is 62.5 Å². The third kappa shape index (κ3) is 4.95. The van der Waals surface area contributed by atoms with Gasteiger partial charge in [0.25, 0.3) is 0 Å². The lowest BCUT2D eigenvalue weighted by atomic mass is 10.1. The summed E-state index contributed by atoms with van der Waals surface area (Å²) in [5.74, 6) is 0.306. The molecule has 1 saturated heterocycles. The molecule has 1 amide bonds. The second-order valence-corrected chi connectivity index (χ2v) is 6.88. The summed E-state index contributed by atoms with van der Waals surface area (Å²) < 4.78 is 0. The summed E-state index contributed by atoms with van der Waals surface area (Å²) in [5.41, 5.74) is 5.47. The van der Waals surface area contributed by atoms with E-state index in [1.807, 2.05) is 11.1 Å². The van der Waals surface area contributed by atoms with Crippen molar-refractivity contribution in [2.45, 2.75) is 45.4 Å². The predicted molar refractivity (Wildman–Crippen MR) is 92.4 cm³/mol. The highest BCUT2D eigenvalue weighted by molar-refractivity contribution is 7.15. The molecule has 0 saturated carbocycles. The standard InChI is InChI=1S/C16H28N4OS/c1-2-14-13-18-16(22-14)20-11-9-19(10-12-20)15(21)7-5-3-4-6-8-17/h13H,2-12,17H2,1H3. The van der Waals surface area contributed by atoms with Crippen LogP contribution in [0.25, 0.3) is 0 Å². The van der Waals surface area contributed by atoms with E-state index in [9.17, 15) is 4.79 Å². The minimum atomic E-state index is 0.306. The Morgan fingerprint density at radius 3 is 2.59 bits per heavy atom. The Bertz CT molecular complexity index is 455. The molecule has 0 bridgehead atoms. The molecule has 2 N–H and O–H groups in total. The molecule has 124 valence electrons. The molecule has 1 aromatic heterocycles. The van der Waals surface area contributed by atoms with Crippen molar-refractivity contribution in [1.82, 2.24) is 9.88 Å². The lowest BCUT2D eigenvalue weighted by molar-refractivity contribution is -0.131. The average molecular weight is 324 g/mol. The number of hydrogen-bond acceptors (Lipinski definition) is 5. The van der Waals surface area contributed by atoms with Gasteiger partial charge in [0, 0.05) is 43.7 Å². The van der Waals surface area contributed by atoms with Crippen molar-refractivity contribution in [3.05, 3.63) is 11.1 Å². The summed E-state index contributed by atoms with van der Waals surface area (Å²) in [7, 11) is 0. The van der Waals surface area contributed by atoms with Gasteiger partial charge in [-0.1, -0.05) is 19.8 Å². The lowest BCUT2D eigenvalue weighted by Gasteiger charge is -2.34. The predicted octanol–water partition coefficient (Wildman–Crippen LogP) is 2.26. The molecule has 5 nitrogen and oxygen atoms in total. The fraction of sp³-hybridized carbons (Fsp3) is 0.750. The minimum absolute atomic E-state index is 0.306. The van der Waals surface area contributed by atoms with Gasteiger partial charge >= 0.3 is 0 Å². The number of anilines is 1. The number of aromatic nitrogens is 1. The molecule has 1 fully saturated rings. The number of carbonyl (C=O) groups excluding carboxylic acids is 1. The number of rotatable bonds is 8. The van der Waals surface area contributed by atoms with E-state index in [-0.39, 0.29) is 0 Å². The number of piperazine rings is 1. The third-order valence-corrected chi connectivity index (χ3v) is 5.34. The zero-order chi connectivity index (χ0) is 15.8. The number of hydrogen-bond donors (Lipinski definition) is 1. The molecule has 1 aliphatic rings. The van der Waals surface area contributed by atoms with Crippen molar-refractivity contribution < 1.29 is 4.79 Å². The van der Waals surface area contributed by atoms with E-state index in [1.165, 1.54) is 4.88 Å². The zero-order valence-corrected chi connectivity index (χ0v) is 14.4. The van der Waals surface area contributed by atoms with E-state index in [0.29, 0.717) is 12.3 Å². The number of nitrogens with two attached hydrogens (primary N) is 1. The van der Waals surface area contributed by atoms with Crippen LogP contribution in [-0.4, -0.2) is 48.5 Å². The maximum atomic E-state index is 12.2. The van der Waals surface area contributed by atoms with Gasteiger partial charge in [0.1, 0.15) is 0 Å². The summed E-state index contributed by atoms with van der Waals surface area (Å²) in [6.45, 7) is 6.35. The SMILES string of the molecule is CCc1cnc(N2CCN(C(=O)CCCCCCN)CC2)s1. The summed E-state index contributed by atoms with van der Waals surface area (Å²) in [5, 5.41) is 1.10. The fourth-order valence-corrected chi connectivity index (χ4v) is 3.59. The molecular formula is C16H28N4OS. The molecule has 0 unspecified atom stereocenters. The van der Waals surface area contributed by atoms with E-state index in [4.69, 9.17) is 5.73 Å². The van der Waals surface area contributed by atoms with Crippen LogP contribution in [0.15, 0.2) is 6.20 Å². The molecule has 0 spiro atoms. The molecule has 0 atom stereocenters. The zero-order valence-electron chi connectivity index (χ0n) is 13.6. The highest BCUT2D eigenvalue weighted by Crippen LogP contribution is 2.24. The summed E-state index contributed by atoms with van der Waals surface area (Å²) >= 11 is 1.77. The maximum Gasteiger partial charge on any atom is 0.222 e. The van der Waals surface area contributed by atoms with E-state index in [1.54, 1.807) is 11.3 Å². The minimum Gasteiger partial charge on any atom is -0.345 e. The molecule has 2 rings (SSSR count). The Hall–Kier alpha value is -1.14. The Morgan fingerprint density at radius 2 is 1.95 bits per heavy atom. The van der Waals surface area contributed by atoms with Crippen molar-refractivity contribution in [2.75, 3.05) is 37.6 Å². The van der Waals surface area contributed by atoms with Gasteiger partial charge in [-0.2, -0.15) is 0 Å². The molecule has 0 aliphatic carbocycles. The van der Waals surface area contributed by atoms with Gasteiger partial charge in [-0.3, -0.25) is 4.79 Å². The van der Waals surface area contributed by atoms with E-state index >= 15 is 0 Å². The number of aryl methyl sites for hydroxylation is 1. The first-order chi connectivity index (χ1) is 10.7. The Kier molecular flexibility index (Phi) is 7.12. The van der Waals surface area contributed by atoms with Crippen LogP contribution in [0.2, 0.25) is 0 Å². The largest absolute Gasteiger partial charge is 0.345 e. The van der Waals surface area contributed by atoms with Crippen molar-refractivity contribution in [3.8, 4) is 0 Å². The highest BCUT2D eigenvalue weighted by Gasteiger charge is 2.22. The van der Waals surface area contributed by atoms with Crippen LogP contribution in [0.1, 0.15) is 43.9 Å². The van der Waals surface area contributed by atoms with Crippen LogP contribution < -0.4 is 10.6 Å². The van der Waals surface area contributed by atoms with Crippen LogP contribution in [0, 0.1) is 0 Å². The number of nitrogens with zero attached hydrogens (tertiary/aromatic N) is 3. The monoisotopic (exact) mass is 324 g/mol. The van der Waals surface area contributed by atoms with Crippen LogP contribution in [0.3, 0.4) is 0 Å². The van der Waals surface area contributed by atoms with Gasteiger partial charge in [-0.05, 0) is 25.8 Å². The van der Waals surface area contributed by atoms with Crippen molar-refractivity contribution in [2.24, 2.45) is 5.73 Å². The van der Waals surface area contributed by atoms with E-state index in [2.05, 4.69) is 16.8 Å². The first-order valence-electron chi connectivity index (χ1n) is 8.42. The van der Waals surface area contributed by atoms with Gasteiger partial charge in [-0.15, -0.1) is 11.3 Å². The van der Waals surface area contributed by atoms with E-state index < -0.39 is 0 Å². The third-order valence-electron chi connectivity index (χ3n) is 4.14. The first-order valence-corrected chi connectivity index (χ1v) is 9.23. The average Bonchev–Trinajstić information content (AvgIpc) is 3.04. The number of thiazole rings is 1. The molecule has 6 heteroatoms.